The van der Waals surface area contributed by atoms with Gasteiger partial charge >= 0.3 is 0 Å². The van der Waals surface area contributed by atoms with Crippen molar-refractivity contribution in [2.24, 2.45) is 0 Å². The van der Waals surface area contributed by atoms with E-state index < -0.39 is 0 Å². The fourth-order valence-corrected chi connectivity index (χ4v) is 3.67. The molecule has 4 aromatic rings. The highest BCUT2D eigenvalue weighted by Gasteiger charge is 2.12. The predicted octanol–water partition coefficient (Wildman–Crippen LogP) is 5.64. The highest BCUT2D eigenvalue weighted by molar-refractivity contribution is 5.86. The lowest BCUT2D eigenvalue weighted by Gasteiger charge is -2.17. The van der Waals surface area contributed by atoms with E-state index in [1.807, 2.05) is 34.9 Å². The molecule has 0 atom stereocenters. The van der Waals surface area contributed by atoms with E-state index in [0.29, 0.717) is 6.54 Å². The number of nitrogens with zero attached hydrogens (tertiary/aromatic N) is 1. The molecule has 0 aliphatic heterocycles. The van der Waals surface area contributed by atoms with Gasteiger partial charge in [-0.3, -0.25) is 4.79 Å². The van der Waals surface area contributed by atoms with Crippen LogP contribution in [0.25, 0.3) is 22.0 Å². The van der Waals surface area contributed by atoms with Crippen molar-refractivity contribution in [1.82, 2.24) is 4.57 Å². The third-order valence-corrected chi connectivity index (χ3v) is 5.16. The molecule has 3 aromatic carbocycles. The average molecular weight is 353 g/mol. The second kappa shape index (κ2) is 6.88. The average Bonchev–Trinajstić information content (AvgIpc) is 2.66. The minimum Gasteiger partial charge on any atom is -0.303 e. The minimum atomic E-state index is 0.0614. The van der Waals surface area contributed by atoms with Gasteiger partial charge in [-0.25, -0.2) is 0 Å². The number of rotatable bonds is 3. The molecule has 4 rings (SSSR count). The van der Waals surface area contributed by atoms with Gasteiger partial charge in [0, 0.05) is 5.39 Å². The molecule has 0 N–H and O–H groups in total. The number of benzene rings is 3. The summed E-state index contributed by atoms with van der Waals surface area (Å²) < 4.78 is 1.91. The van der Waals surface area contributed by atoms with Crippen LogP contribution in [-0.2, 0) is 6.54 Å². The van der Waals surface area contributed by atoms with Crippen LogP contribution >= 0.6 is 0 Å². The van der Waals surface area contributed by atoms with Crippen molar-refractivity contribution in [2.75, 3.05) is 0 Å². The first-order valence-corrected chi connectivity index (χ1v) is 9.29. The number of hydrogen-bond acceptors (Lipinski definition) is 1. The summed E-state index contributed by atoms with van der Waals surface area (Å²) in [5, 5.41) is 1.76. The Balaban J connectivity index is 1.98. The molecule has 0 saturated heterocycles. The molecule has 0 fully saturated rings. The van der Waals surface area contributed by atoms with Crippen LogP contribution in [-0.4, -0.2) is 4.57 Å². The first-order valence-electron chi connectivity index (χ1n) is 9.29. The maximum Gasteiger partial charge on any atom is 0.259 e. The summed E-state index contributed by atoms with van der Waals surface area (Å²) in [6.45, 7) is 6.83. The minimum absolute atomic E-state index is 0.0614. The molecule has 0 unspecified atom stereocenters. The summed E-state index contributed by atoms with van der Waals surface area (Å²) in [6, 6.07) is 24.8. The Kier molecular flexibility index (Phi) is 4.41. The Morgan fingerprint density at radius 3 is 2.22 bits per heavy atom. The quantitative estimate of drug-likeness (QED) is 0.467. The van der Waals surface area contributed by atoms with Gasteiger partial charge in [-0.15, -0.1) is 0 Å². The van der Waals surface area contributed by atoms with Gasteiger partial charge in [-0.1, -0.05) is 71.8 Å². The first-order chi connectivity index (χ1) is 13.0. The van der Waals surface area contributed by atoms with E-state index in [4.69, 9.17) is 0 Å². The summed E-state index contributed by atoms with van der Waals surface area (Å²) in [5.74, 6) is 0. The van der Waals surface area contributed by atoms with Gasteiger partial charge in [0.05, 0.1) is 12.2 Å². The number of fused-ring (bicyclic) bond motifs is 1. The Morgan fingerprint density at radius 2 is 1.48 bits per heavy atom. The van der Waals surface area contributed by atoms with Crippen LogP contribution in [0.3, 0.4) is 0 Å². The van der Waals surface area contributed by atoms with Crippen molar-refractivity contribution < 1.29 is 0 Å². The van der Waals surface area contributed by atoms with Crippen LogP contribution in [0.5, 0.6) is 0 Å². The fraction of sp³-hybridized carbons (Fsp3) is 0.160. The van der Waals surface area contributed by atoms with Gasteiger partial charge in [-0.2, -0.15) is 0 Å². The molecule has 27 heavy (non-hydrogen) atoms. The fourth-order valence-electron chi connectivity index (χ4n) is 3.67. The van der Waals surface area contributed by atoms with Crippen LogP contribution < -0.4 is 5.56 Å². The van der Waals surface area contributed by atoms with E-state index in [9.17, 15) is 4.79 Å². The van der Waals surface area contributed by atoms with Crippen LogP contribution in [0.2, 0.25) is 0 Å². The predicted molar refractivity (Wildman–Crippen MR) is 113 cm³/mol. The molecule has 0 amide bonds. The van der Waals surface area contributed by atoms with Crippen molar-refractivity contribution in [3.63, 3.8) is 0 Å². The van der Waals surface area contributed by atoms with Crippen LogP contribution in [0.1, 0.15) is 22.3 Å². The highest BCUT2D eigenvalue weighted by Crippen LogP contribution is 2.24. The van der Waals surface area contributed by atoms with Gasteiger partial charge in [0.1, 0.15) is 0 Å². The number of aryl methyl sites for hydroxylation is 3. The third kappa shape index (κ3) is 3.31. The molecule has 1 heterocycles. The van der Waals surface area contributed by atoms with Gasteiger partial charge in [0.15, 0.2) is 0 Å². The van der Waals surface area contributed by atoms with E-state index in [-0.39, 0.29) is 5.56 Å². The van der Waals surface area contributed by atoms with Crippen molar-refractivity contribution >= 4 is 10.8 Å². The van der Waals surface area contributed by atoms with Crippen LogP contribution in [0.15, 0.2) is 77.6 Å². The smallest absolute Gasteiger partial charge is 0.259 e. The summed E-state index contributed by atoms with van der Waals surface area (Å²) in [4.78, 5) is 13.4. The van der Waals surface area contributed by atoms with Crippen LogP contribution in [0, 0.1) is 20.8 Å². The maximum absolute atomic E-state index is 13.4. The first kappa shape index (κ1) is 17.3. The second-order valence-corrected chi connectivity index (χ2v) is 7.31. The molecule has 0 aliphatic carbocycles. The molecule has 134 valence electrons. The van der Waals surface area contributed by atoms with E-state index in [1.54, 1.807) is 0 Å². The monoisotopic (exact) mass is 353 g/mol. The van der Waals surface area contributed by atoms with E-state index in [2.05, 4.69) is 63.2 Å². The van der Waals surface area contributed by atoms with E-state index in [0.717, 1.165) is 27.6 Å². The van der Waals surface area contributed by atoms with Crippen molar-refractivity contribution in [3.05, 3.63) is 105 Å². The largest absolute Gasteiger partial charge is 0.303 e. The zero-order chi connectivity index (χ0) is 19.0. The summed E-state index contributed by atoms with van der Waals surface area (Å²) in [7, 11) is 0. The summed E-state index contributed by atoms with van der Waals surface area (Å²) in [5.41, 5.74) is 6.86. The van der Waals surface area contributed by atoms with Crippen LogP contribution in [0.4, 0.5) is 0 Å². The van der Waals surface area contributed by atoms with Crippen molar-refractivity contribution in [1.29, 1.82) is 0 Å². The second-order valence-electron chi connectivity index (χ2n) is 7.31. The normalized spacial score (nSPS) is 11.1. The number of aromatic nitrogens is 1. The molecule has 2 nitrogen and oxygen atoms in total. The van der Waals surface area contributed by atoms with Crippen molar-refractivity contribution in [2.45, 2.75) is 27.3 Å². The Hall–Kier alpha value is -3.13. The number of pyridine rings is 1. The molecule has 0 radical (unpaired) electrons. The lowest BCUT2D eigenvalue weighted by atomic mass is 10.0. The Morgan fingerprint density at radius 1 is 0.778 bits per heavy atom. The van der Waals surface area contributed by atoms with Gasteiger partial charge in [0.25, 0.3) is 5.56 Å². The molecule has 0 saturated carbocycles. The maximum atomic E-state index is 13.4. The molecular formula is C25H23NO. The molecule has 1 aromatic heterocycles. The van der Waals surface area contributed by atoms with Gasteiger partial charge in [-0.05, 0) is 55.0 Å². The third-order valence-electron chi connectivity index (χ3n) is 5.16. The van der Waals surface area contributed by atoms with E-state index in [1.165, 1.54) is 16.7 Å². The van der Waals surface area contributed by atoms with E-state index >= 15 is 0 Å². The standard InChI is InChI=1S/C25H23NO/c1-17-9-11-21(19(3)13-17)16-26-24(20-7-5-4-6-8-20)15-22-14-18(2)10-12-23(22)25(26)27/h4-15H,16H2,1-3H3. The topological polar surface area (TPSA) is 22.0 Å². The lowest BCUT2D eigenvalue weighted by molar-refractivity contribution is 0.772. The van der Waals surface area contributed by atoms with Crippen molar-refractivity contribution in [3.8, 4) is 11.3 Å². The van der Waals surface area contributed by atoms with Gasteiger partial charge < -0.3 is 4.57 Å². The SMILES string of the molecule is Cc1ccc(Cn2c(-c3ccccc3)cc3cc(C)ccc3c2=O)c(C)c1. The Labute approximate surface area is 159 Å². The molecule has 0 aliphatic rings. The zero-order valence-electron chi connectivity index (χ0n) is 16.0. The number of hydrogen-bond donors (Lipinski definition) is 0. The Bertz CT molecular complexity index is 1190. The summed E-state index contributed by atoms with van der Waals surface area (Å²) in [6.07, 6.45) is 0. The molecular weight excluding hydrogens is 330 g/mol. The van der Waals surface area contributed by atoms with Gasteiger partial charge in [0.2, 0.25) is 0 Å². The summed E-state index contributed by atoms with van der Waals surface area (Å²) >= 11 is 0. The molecule has 0 bridgehead atoms. The lowest BCUT2D eigenvalue weighted by Crippen LogP contribution is -2.23. The zero-order valence-corrected chi connectivity index (χ0v) is 16.0. The molecule has 0 spiro atoms. The molecule has 2 heteroatoms. The highest BCUT2D eigenvalue weighted by atomic mass is 16.1.